The molecule has 0 aliphatic carbocycles. The second-order valence-corrected chi connectivity index (χ2v) is 8.21. The topological polar surface area (TPSA) is 55.4 Å². The smallest absolute Gasteiger partial charge is 0.240 e. The van der Waals surface area contributed by atoms with Gasteiger partial charge in [-0.3, -0.25) is 0 Å². The van der Waals surface area contributed by atoms with Gasteiger partial charge in [0.05, 0.1) is 4.90 Å². The zero-order valence-electron chi connectivity index (χ0n) is 14.3. The molecule has 0 heterocycles. The molecule has 0 unspecified atom stereocenters. The van der Waals surface area contributed by atoms with E-state index < -0.39 is 15.6 Å². The third-order valence-electron chi connectivity index (χ3n) is 4.12. The number of halogens is 1. The molecule has 0 amide bonds. The minimum absolute atomic E-state index is 0.0968. The summed E-state index contributed by atoms with van der Waals surface area (Å²) < 4.78 is 33.6. The molecule has 2 aromatic rings. The molecule has 0 radical (unpaired) electrons. The number of sulfonamides is 1. The fraction of sp³-hybridized carbons (Fsp3) is 0.333. The van der Waals surface area contributed by atoms with Gasteiger partial charge < -0.3 is 4.74 Å². The fourth-order valence-electron chi connectivity index (χ4n) is 2.42. The van der Waals surface area contributed by atoms with Crippen LogP contribution in [0.4, 0.5) is 0 Å². The highest BCUT2D eigenvalue weighted by atomic mass is 35.5. The molecule has 1 N–H and O–H groups in total. The Morgan fingerprint density at radius 1 is 1.17 bits per heavy atom. The Labute approximate surface area is 148 Å². The first-order valence-electron chi connectivity index (χ1n) is 7.56. The zero-order chi connectivity index (χ0) is 18.0. The number of rotatable bonds is 6. The lowest BCUT2D eigenvalue weighted by Crippen LogP contribution is -2.40. The average molecular weight is 368 g/mol. The van der Waals surface area contributed by atoms with Crippen molar-refractivity contribution < 1.29 is 13.2 Å². The van der Waals surface area contributed by atoms with Crippen molar-refractivity contribution >= 4 is 21.6 Å². The molecule has 130 valence electrons. The lowest BCUT2D eigenvalue weighted by Gasteiger charge is -2.29. The van der Waals surface area contributed by atoms with Crippen molar-refractivity contribution in [3.63, 3.8) is 0 Å². The van der Waals surface area contributed by atoms with Crippen LogP contribution in [0, 0.1) is 13.8 Å². The Morgan fingerprint density at radius 3 is 2.50 bits per heavy atom. The zero-order valence-corrected chi connectivity index (χ0v) is 15.8. The van der Waals surface area contributed by atoms with Crippen LogP contribution in [-0.4, -0.2) is 22.1 Å². The molecule has 4 nitrogen and oxygen atoms in total. The second-order valence-electron chi connectivity index (χ2n) is 6.04. The van der Waals surface area contributed by atoms with E-state index in [1.165, 1.54) is 0 Å². The Bertz CT molecular complexity index is 836. The van der Waals surface area contributed by atoms with Crippen LogP contribution in [0.2, 0.25) is 5.02 Å². The number of aryl methyl sites for hydroxylation is 2. The van der Waals surface area contributed by atoms with Crippen molar-refractivity contribution in [1.29, 1.82) is 0 Å². The maximum absolute atomic E-state index is 12.7. The Balaban J connectivity index is 2.28. The third-order valence-corrected chi connectivity index (χ3v) is 5.90. The minimum atomic E-state index is -3.64. The summed E-state index contributed by atoms with van der Waals surface area (Å²) in [7, 11) is -2.09. The largest absolute Gasteiger partial charge is 0.372 e. The van der Waals surface area contributed by atoms with Gasteiger partial charge in [-0.15, -0.1) is 0 Å². The Morgan fingerprint density at radius 2 is 1.88 bits per heavy atom. The molecule has 1 atom stereocenters. The van der Waals surface area contributed by atoms with Gasteiger partial charge in [0, 0.05) is 18.7 Å². The van der Waals surface area contributed by atoms with E-state index in [9.17, 15) is 8.42 Å². The summed E-state index contributed by atoms with van der Waals surface area (Å²) >= 11 is 6.04. The van der Waals surface area contributed by atoms with E-state index in [1.54, 1.807) is 38.3 Å². The van der Waals surface area contributed by atoms with Crippen LogP contribution in [0.3, 0.4) is 0 Å². The number of ether oxygens (including phenoxy) is 1. The number of hydrogen-bond acceptors (Lipinski definition) is 3. The van der Waals surface area contributed by atoms with E-state index in [4.69, 9.17) is 16.3 Å². The molecule has 0 aliphatic rings. The lowest BCUT2D eigenvalue weighted by molar-refractivity contribution is 0.00698. The lowest BCUT2D eigenvalue weighted by atomic mass is 9.96. The quantitative estimate of drug-likeness (QED) is 0.844. The molecule has 2 aromatic carbocycles. The Kier molecular flexibility index (Phi) is 5.71. The Hall–Kier alpha value is -1.40. The first kappa shape index (κ1) is 18.9. The highest BCUT2D eigenvalue weighted by Gasteiger charge is 2.29. The summed E-state index contributed by atoms with van der Waals surface area (Å²) in [5.74, 6) is 0. The van der Waals surface area contributed by atoms with Crippen molar-refractivity contribution in [2.45, 2.75) is 31.3 Å². The monoisotopic (exact) mass is 367 g/mol. The van der Waals surface area contributed by atoms with Gasteiger partial charge in [-0.2, -0.15) is 0 Å². The van der Waals surface area contributed by atoms with Crippen molar-refractivity contribution in [2.75, 3.05) is 13.7 Å². The summed E-state index contributed by atoms with van der Waals surface area (Å²) in [5.41, 5.74) is 1.58. The highest BCUT2D eigenvalue weighted by molar-refractivity contribution is 7.89. The molecule has 0 saturated carbocycles. The van der Waals surface area contributed by atoms with Gasteiger partial charge in [-0.1, -0.05) is 35.9 Å². The van der Waals surface area contributed by atoms with Gasteiger partial charge in [-0.25, -0.2) is 13.1 Å². The van der Waals surface area contributed by atoms with E-state index in [0.29, 0.717) is 10.6 Å². The minimum Gasteiger partial charge on any atom is -0.372 e. The van der Waals surface area contributed by atoms with Crippen LogP contribution in [0.25, 0.3) is 0 Å². The van der Waals surface area contributed by atoms with Crippen molar-refractivity contribution in [1.82, 2.24) is 4.72 Å². The molecule has 6 heteroatoms. The summed E-state index contributed by atoms with van der Waals surface area (Å²) in [5, 5.41) is 0.577. The normalized spacial score (nSPS) is 14.4. The summed E-state index contributed by atoms with van der Waals surface area (Å²) in [6, 6.07) is 12.6. The van der Waals surface area contributed by atoms with Crippen LogP contribution in [-0.2, 0) is 20.4 Å². The van der Waals surface area contributed by atoms with Gasteiger partial charge in [0.15, 0.2) is 0 Å². The standard InChI is InChI=1S/C18H22ClNO3S/c1-13-8-9-14(2)17(10-13)24(21,22)20-12-18(3,23-4)15-6-5-7-16(19)11-15/h5-11,20H,12H2,1-4H3/t18-/m1/s1. The number of nitrogens with one attached hydrogen (secondary N) is 1. The van der Waals surface area contributed by atoms with E-state index >= 15 is 0 Å². The van der Waals surface area contributed by atoms with Gasteiger partial charge in [0.2, 0.25) is 10.0 Å². The predicted octanol–water partition coefficient (Wildman–Crippen LogP) is 3.80. The van der Waals surface area contributed by atoms with Crippen LogP contribution >= 0.6 is 11.6 Å². The first-order valence-corrected chi connectivity index (χ1v) is 9.42. The van der Waals surface area contributed by atoms with Gasteiger partial charge in [0.1, 0.15) is 5.60 Å². The van der Waals surface area contributed by atoms with E-state index in [0.717, 1.165) is 11.1 Å². The third kappa shape index (κ3) is 4.16. The molecule has 24 heavy (non-hydrogen) atoms. The van der Waals surface area contributed by atoms with Crippen molar-refractivity contribution in [2.24, 2.45) is 0 Å². The molecular formula is C18H22ClNO3S. The predicted molar refractivity (Wildman–Crippen MR) is 96.9 cm³/mol. The fourth-order valence-corrected chi connectivity index (χ4v) is 4.06. The van der Waals surface area contributed by atoms with Crippen molar-refractivity contribution in [3.05, 3.63) is 64.2 Å². The van der Waals surface area contributed by atoms with Gasteiger partial charge in [0.25, 0.3) is 0 Å². The molecule has 0 aromatic heterocycles. The van der Waals surface area contributed by atoms with Gasteiger partial charge in [-0.05, 0) is 55.7 Å². The molecule has 0 saturated heterocycles. The molecule has 0 fully saturated rings. The molecule has 2 rings (SSSR count). The summed E-state index contributed by atoms with van der Waals surface area (Å²) in [6.45, 7) is 5.56. The number of benzene rings is 2. The molecule has 0 spiro atoms. The maximum atomic E-state index is 12.7. The summed E-state index contributed by atoms with van der Waals surface area (Å²) in [4.78, 5) is 0.284. The maximum Gasteiger partial charge on any atom is 0.240 e. The highest BCUT2D eigenvalue weighted by Crippen LogP contribution is 2.27. The van der Waals surface area contributed by atoms with E-state index in [-0.39, 0.29) is 11.4 Å². The van der Waals surface area contributed by atoms with Crippen LogP contribution in [0.1, 0.15) is 23.6 Å². The number of hydrogen-bond donors (Lipinski definition) is 1. The second kappa shape index (κ2) is 7.23. The van der Waals surface area contributed by atoms with Crippen LogP contribution in [0.15, 0.2) is 47.4 Å². The first-order chi connectivity index (χ1) is 11.2. The number of methoxy groups -OCH3 is 1. The summed E-state index contributed by atoms with van der Waals surface area (Å²) in [6.07, 6.45) is 0. The molecular weight excluding hydrogens is 346 g/mol. The van der Waals surface area contributed by atoms with Crippen molar-refractivity contribution in [3.8, 4) is 0 Å². The van der Waals surface area contributed by atoms with Crippen LogP contribution in [0.5, 0.6) is 0 Å². The molecule has 0 aliphatic heterocycles. The molecule has 0 bridgehead atoms. The van der Waals surface area contributed by atoms with E-state index in [2.05, 4.69) is 4.72 Å². The van der Waals surface area contributed by atoms with Crippen LogP contribution < -0.4 is 4.72 Å². The average Bonchev–Trinajstić information content (AvgIpc) is 2.55. The van der Waals surface area contributed by atoms with Gasteiger partial charge >= 0.3 is 0 Å². The van der Waals surface area contributed by atoms with E-state index in [1.807, 2.05) is 32.0 Å². The SMILES string of the molecule is CO[C@](C)(CNS(=O)(=O)c1cc(C)ccc1C)c1cccc(Cl)c1.